The molecule has 0 amide bonds. The Morgan fingerprint density at radius 1 is 1.33 bits per heavy atom. The zero-order valence-corrected chi connectivity index (χ0v) is 8.27. The molecule has 4 heteroatoms. The first-order valence-electron chi connectivity index (χ1n) is 4.42. The molecule has 72 valence electrons. The summed E-state index contributed by atoms with van der Waals surface area (Å²) in [5.74, 6) is 0.701. The second kappa shape index (κ2) is 4.23. The summed E-state index contributed by atoms with van der Waals surface area (Å²) in [6.07, 6.45) is 7.07. The first-order valence-corrected chi connectivity index (χ1v) is 6.24. The molecule has 1 saturated carbocycles. The lowest BCUT2D eigenvalue weighted by molar-refractivity contribution is 0.285. The summed E-state index contributed by atoms with van der Waals surface area (Å²) in [6.45, 7) is 0.365. The first kappa shape index (κ1) is 9.99. The Morgan fingerprint density at radius 2 is 1.92 bits per heavy atom. The van der Waals surface area contributed by atoms with E-state index in [-0.39, 0.29) is 0 Å². The van der Waals surface area contributed by atoms with Crippen LogP contribution >= 0.6 is 0 Å². The molecule has 0 spiro atoms. The average Bonchev–Trinajstić information content (AvgIpc) is 2.36. The summed E-state index contributed by atoms with van der Waals surface area (Å²) in [4.78, 5) is 0. The van der Waals surface area contributed by atoms with Crippen molar-refractivity contribution in [3.63, 3.8) is 0 Å². The predicted molar refractivity (Wildman–Crippen MR) is 47.4 cm³/mol. The molecule has 12 heavy (non-hydrogen) atoms. The third-order valence-electron chi connectivity index (χ3n) is 2.30. The second-order valence-corrected chi connectivity index (χ2v) is 5.11. The minimum atomic E-state index is -3.22. The van der Waals surface area contributed by atoms with Gasteiger partial charge in [-0.3, -0.25) is 4.18 Å². The van der Waals surface area contributed by atoms with Crippen LogP contribution in [-0.4, -0.2) is 21.3 Å². The van der Waals surface area contributed by atoms with Crippen LogP contribution in [0.1, 0.15) is 32.1 Å². The lowest BCUT2D eigenvalue weighted by Gasteiger charge is -2.07. The van der Waals surface area contributed by atoms with Crippen molar-refractivity contribution in [2.24, 2.45) is 5.92 Å². The smallest absolute Gasteiger partial charge is 0.264 e. The Balaban J connectivity index is 2.09. The van der Waals surface area contributed by atoms with Gasteiger partial charge < -0.3 is 0 Å². The zero-order chi connectivity index (χ0) is 9.03. The highest BCUT2D eigenvalue weighted by molar-refractivity contribution is 7.85. The van der Waals surface area contributed by atoms with E-state index in [1.807, 2.05) is 0 Å². The molecule has 1 fully saturated rings. The van der Waals surface area contributed by atoms with E-state index in [4.69, 9.17) is 0 Å². The normalized spacial score (nSPS) is 20.1. The van der Waals surface area contributed by atoms with E-state index in [1.165, 1.54) is 25.7 Å². The molecule has 0 atom stereocenters. The third kappa shape index (κ3) is 4.07. The van der Waals surface area contributed by atoms with Gasteiger partial charge in [-0.1, -0.05) is 25.7 Å². The van der Waals surface area contributed by atoms with E-state index in [9.17, 15) is 8.42 Å². The summed E-state index contributed by atoms with van der Waals surface area (Å²) < 4.78 is 25.8. The number of rotatable bonds is 4. The van der Waals surface area contributed by atoms with Gasteiger partial charge in [0.2, 0.25) is 0 Å². The van der Waals surface area contributed by atoms with Crippen molar-refractivity contribution in [1.29, 1.82) is 0 Å². The van der Waals surface area contributed by atoms with Crippen molar-refractivity contribution in [3.8, 4) is 0 Å². The molecule has 1 aliphatic carbocycles. The van der Waals surface area contributed by atoms with Crippen LogP contribution in [0, 0.1) is 5.92 Å². The fraction of sp³-hybridized carbons (Fsp3) is 1.00. The second-order valence-electron chi connectivity index (χ2n) is 3.47. The van der Waals surface area contributed by atoms with Crippen molar-refractivity contribution in [3.05, 3.63) is 0 Å². The Morgan fingerprint density at radius 3 is 2.42 bits per heavy atom. The van der Waals surface area contributed by atoms with Gasteiger partial charge in [0.1, 0.15) is 0 Å². The van der Waals surface area contributed by atoms with Gasteiger partial charge in [0, 0.05) is 0 Å². The first-order chi connectivity index (χ1) is 5.58. The van der Waals surface area contributed by atoms with Crippen molar-refractivity contribution in [2.45, 2.75) is 32.1 Å². The molecule has 0 radical (unpaired) electrons. The van der Waals surface area contributed by atoms with Gasteiger partial charge in [0.05, 0.1) is 12.9 Å². The molecule has 0 unspecified atom stereocenters. The Kier molecular flexibility index (Phi) is 3.53. The number of hydrogen-bond donors (Lipinski definition) is 0. The topological polar surface area (TPSA) is 43.4 Å². The van der Waals surface area contributed by atoms with Crippen molar-refractivity contribution < 1.29 is 12.6 Å². The van der Waals surface area contributed by atoms with Gasteiger partial charge in [-0.15, -0.1) is 0 Å². The van der Waals surface area contributed by atoms with E-state index in [2.05, 4.69) is 4.18 Å². The van der Waals surface area contributed by atoms with Gasteiger partial charge in [-0.25, -0.2) is 0 Å². The van der Waals surface area contributed by atoms with Crippen LogP contribution in [-0.2, 0) is 14.3 Å². The fourth-order valence-corrected chi connectivity index (χ4v) is 2.06. The van der Waals surface area contributed by atoms with Crippen LogP contribution in [0.4, 0.5) is 0 Å². The molecule has 1 aliphatic rings. The third-order valence-corrected chi connectivity index (χ3v) is 2.89. The Hall–Kier alpha value is -0.0900. The molecule has 0 N–H and O–H groups in total. The largest absolute Gasteiger partial charge is 0.270 e. The summed E-state index contributed by atoms with van der Waals surface area (Å²) in [5, 5.41) is 0. The lowest BCUT2D eigenvalue weighted by atomic mass is 10.1. The van der Waals surface area contributed by atoms with Crippen molar-refractivity contribution in [2.75, 3.05) is 12.9 Å². The standard InChI is InChI=1S/C8H16O3S/c1-12(9,10)11-7-6-8-4-2-3-5-8/h8H,2-7H2,1H3. The number of hydrogen-bond acceptors (Lipinski definition) is 3. The molecular formula is C8H16O3S. The lowest BCUT2D eigenvalue weighted by Crippen LogP contribution is -2.07. The molecule has 3 nitrogen and oxygen atoms in total. The van der Waals surface area contributed by atoms with Gasteiger partial charge in [-0.2, -0.15) is 8.42 Å². The molecule has 1 rings (SSSR count). The summed E-state index contributed by atoms with van der Waals surface area (Å²) in [7, 11) is -3.22. The van der Waals surface area contributed by atoms with E-state index in [0.29, 0.717) is 12.5 Å². The van der Waals surface area contributed by atoms with Crippen LogP contribution in [0.5, 0.6) is 0 Å². The molecule has 0 aromatic rings. The maximum Gasteiger partial charge on any atom is 0.264 e. The van der Waals surface area contributed by atoms with Gasteiger partial charge >= 0.3 is 0 Å². The fourth-order valence-electron chi connectivity index (χ4n) is 1.67. The van der Waals surface area contributed by atoms with E-state index >= 15 is 0 Å². The van der Waals surface area contributed by atoms with Crippen LogP contribution < -0.4 is 0 Å². The average molecular weight is 192 g/mol. The minimum Gasteiger partial charge on any atom is -0.270 e. The quantitative estimate of drug-likeness (QED) is 0.635. The minimum absolute atomic E-state index is 0.365. The summed E-state index contributed by atoms with van der Waals surface area (Å²) in [5.41, 5.74) is 0. The van der Waals surface area contributed by atoms with E-state index in [0.717, 1.165) is 12.7 Å². The van der Waals surface area contributed by atoms with Crippen LogP contribution in [0.15, 0.2) is 0 Å². The van der Waals surface area contributed by atoms with Gasteiger partial charge in [0.25, 0.3) is 10.1 Å². The van der Waals surface area contributed by atoms with E-state index < -0.39 is 10.1 Å². The molecular weight excluding hydrogens is 176 g/mol. The zero-order valence-electron chi connectivity index (χ0n) is 7.45. The molecule has 0 bridgehead atoms. The van der Waals surface area contributed by atoms with Crippen LogP contribution in [0.3, 0.4) is 0 Å². The maximum absolute atomic E-state index is 10.6. The SMILES string of the molecule is CS(=O)(=O)OCCC1CCCC1. The monoisotopic (exact) mass is 192 g/mol. The maximum atomic E-state index is 10.6. The molecule has 0 aliphatic heterocycles. The molecule has 0 aromatic carbocycles. The highest BCUT2D eigenvalue weighted by Crippen LogP contribution is 2.27. The molecule has 0 aromatic heterocycles. The molecule has 0 heterocycles. The van der Waals surface area contributed by atoms with E-state index in [1.54, 1.807) is 0 Å². The summed E-state index contributed by atoms with van der Waals surface area (Å²) >= 11 is 0. The predicted octanol–water partition coefficient (Wildman–Crippen LogP) is 1.54. The molecule has 0 saturated heterocycles. The van der Waals surface area contributed by atoms with Gasteiger partial charge in [0.15, 0.2) is 0 Å². The van der Waals surface area contributed by atoms with Crippen LogP contribution in [0.2, 0.25) is 0 Å². The van der Waals surface area contributed by atoms with Crippen molar-refractivity contribution >= 4 is 10.1 Å². The Labute approximate surface area is 74.2 Å². The highest BCUT2D eigenvalue weighted by Gasteiger charge is 2.15. The van der Waals surface area contributed by atoms with Crippen molar-refractivity contribution in [1.82, 2.24) is 0 Å². The summed E-state index contributed by atoms with van der Waals surface area (Å²) in [6, 6.07) is 0. The van der Waals surface area contributed by atoms with Gasteiger partial charge in [-0.05, 0) is 12.3 Å². The van der Waals surface area contributed by atoms with Crippen LogP contribution in [0.25, 0.3) is 0 Å². The highest BCUT2D eigenvalue weighted by atomic mass is 32.2. The Bertz CT molecular complexity index is 214.